The summed E-state index contributed by atoms with van der Waals surface area (Å²) in [4.78, 5) is 12.0. The van der Waals surface area contributed by atoms with Crippen LogP contribution < -0.4 is 5.32 Å². The molecular weight excluding hydrogens is 283 g/mol. The standard InChI is InChI=1S/C14H16Cl2N2O/c1-8(2)12(7-17)14(19)18-9(3)11-5-4-10(15)6-13(11)16/h4-6,8-9,12H,1-3H3,(H,18,19). The zero-order chi connectivity index (χ0) is 14.6. The van der Waals surface area contributed by atoms with Crippen LogP contribution in [0.15, 0.2) is 18.2 Å². The molecule has 0 saturated carbocycles. The lowest BCUT2D eigenvalue weighted by atomic mass is 9.96. The van der Waals surface area contributed by atoms with Gasteiger partial charge < -0.3 is 5.32 Å². The summed E-state index contributed by atoms with van der Waals surface area (Å²) in [5.41, 5.74) is 0.778. The molecule has 102 valence electrons. The fourth-order valence-electron chi connectivity index (χ4n) is 1.74. The number of nitriles is 1. The minimum Gasteiger partial charge on any atom is -0.348 e. The predicted octanol–water partition coefficient (Wildman–Crippen LogP) is 3.97. The summed E-state index contributed by atoms with van der Waals surface area (Å²) in [6, 6.07) is 6.86. The number of carbonyl (C=O) groups is 1. The van der Waals surface area contributed by atoms with E-state index in [1.165, 1.54) is 0 Å². The van der Waals surface area contributed by atoms with Crippen molar-refractivity contribution in [2.45, 2.75) is 26.8 Å². The Morgan fingerprint density at radius 1 is 1.32 bits per heavy atom. The van der Waals surface area contributed by atoms with E-state index in [1.54, 1.807) is 18.2 Å². The summed E-state index contributed by atoms with van der Waals surface area (Å²) in [5.74, 6) is -0.970. The van der Waals surface area contributed by atoms with Gasteiger partial charge >= 0.3 is 0 Å². The quantitative estimate of drug-likeness (QED) is 0.914. The van der Waals surface area contributed by atoms with E-state index in [0.717, 1.165) is 5.56 Å². The van der Waals surface area contributed by atoms with Gasteiger partial charge in [-0.2, -0.15) is 5.26 Å². The molecule has 5 heteroatoms. The Bertz CT molecular complexity index is 509. The van der Waals surface area contributed by atoms with Gasteiger partial charge in [0.2, 0.25) is 5.91 Å². The number of hydrogen-bond acceptors (Lipinski definition) is 2. The first kappa shape index (κ1) is 15.8. The van der Waals surface area contributed by atoms with Crippen LogP contribution in [0.3, 0.4) is 0 Å². The lowest BCUT2D eigenvalue weighted by Gasteiger charge is -2.19. The summed E-state index contributed by atoms with van der Waals surface area (Å²) < 4.78 is 0. The number of amides is 1. The van der Waals surface area contributed by atoms with Gasteiger partial charge in [-0.15, -0.1) is 0 Å². The van der Waals surface area contributed by atoms with Crippen molar-refractivity contribution in [3.05, 3.63) is 33.8 Å². The van der Waals surface area contributed by atoms with E-state index >= 15 is 0 Å². The van der Waals surface area contributed by atoms with E-state index in [9.17, 15) is 4.79 Å². The molecule has 1 amide bonds. The normalized spacial score (nSPS) is 13.7. The van der Waals surface area contributed by atoms with Crippen LogP contribution in [0.1, 0.15) is 32.4 Å². The second-order valence-electron chi connectivity index (χ2n) is 4.75. The Kier molecular flexibility index (Phi) is 5.65. The van der Waals surface area contributed by atoms with E-state index in [1.807, 2.05) is 26.8 Å². The first-order valence-corrected chi connectivity index (χ1v) is 6.77. The van der Waals surface area contributed by atoms with Crippen LogP contribution in [0.4, 0.5) is 0 Å². The van der Waals surface area contributed by atoms with Crippen LogP contribution in [-0.2, 0) is 4.79 Å². The molecule has 0 aliphatic heterocycles. The summed E-state index contributed by atoms with van der Waals surface area (Å²) in [6.07, 6.45) is 0. The molecule has 0 saturated heterocycles. The van der Waals surface area contributed by atoms with Crippen molar-refractivity contribution in [1.82, 2.24) is 5.32 Å². The smallest absolute Gasteiger partial charge is 0.238 e. The average Bonchev–Trinajstić information content (AvgIpc) is 2.28. The number of rotatable bonds is 4. The molecule has 0 aromatic heterocycles. The van der Waals surface area contributed by atoms with Crippen molar-refractivity contribution in [3.63, 3.8) is 0 Å². The van der Waals surface area contributed by atoms with Gasteiger partial charge in [-0.05, 0) is 30.5 Å². The molecule has 3 nitrogen and oxygen atoms in total. The van der Waals surface area contributed by atoms with E-state index in [4.69, 9.17) is 28.5 Å². The second-order valence-corrected chi connectivity index (χ2v) is 5.59. The van der Waals surface area contributed by atoms with Crippen molar-refractivity contribution < 1.29 is 4.79 Å². The van der Waals surface area contributed by atoms with Crippen LogP contribution in [-0.4, -0.2) is 5.91 Å². The van der Waals surface area contributed by atoms with Crippen molar-refractivity contribution in [1.29, 1.82) is 5.26 Å². The molecule has 19 heavy (non-hydrogen) atoms. The maximum absolute atomic E-state index is 12.0. The Morgan fingerprint density at radius 3 is 2.42 bits per heavy atom. The largest absolute Gasteiger partial charge is 0.348 e. The topological polar surface area (TPSA) is 52.9 Å². The highest BCUT2D eigenvalue weighted by Gasteiger charge is 2.23. The van der Waals surface area contributed by atoms with E-state index in [-0.39, 0.29) is 17.9 Å². The molecule has 0 aliphatic rings. The monoisotopic (exact) mass is 298 g/mol. The lowest BCUT2D eigenvalue weighted by Crippen LogP contribution is -2.34. The fourth-order valence-corrected chi connectivity index (χ4v) is 2.32. The third-order valence-electron chi connectivity index (χ3n) is 2.88. The van der Waals surface area contributed by atoms with E-state index < -0.39 is 5.92 Å². The first-order valence-electron chi connectivity index (χ1n) is 6.01. The van der Waals surface area contributed by atoms with Gasteiger partial charge in [0.1, 0.15) is 5.92 Å². The third kappa shape index (κ3) is 4.12. The van der Waals surface area contributed by atoms with E-state index in [2.05, 4.69) is 5.32 Å². The highest BCUT2D eigenvalue weighted by atomic mass is 35.5. The summed E-state index contributed by atoms with van der Waals surface area (Å²) in [5, 5.41) is 12.8. The maximum atomic E-state index is 12.0. The van der Waals surface area contributed by atoms with Crippen LogP contribution in [0.5, 0.6) is 0 Å². The van der Waals surface area contributed by atoms with Gasteiger partial charge in [0, 0.05) is 10.0 Å². The Morgan fingerprint density at radius 2 is 1.95 bits per heavy atom. The minimum absolute atomic E-state index is 0.0297. The van der Waals surface area contributed by atoms with Crippen molar-refractivity contribution in [3.8, 4) is 6.07 Å². The fraction of sp³-hybridized carbons (Fsp3) is 0.429. The van der Waals surface area contributed by atoms with Crippen LogP contribution in [0, 0.1) is 23.2 Å². The molecule has 0 heterocycles. The Labute approximate surface area is 123 Å². The molecule has 1 aromatic carbocycles. The number of halogens is 2. The summed E-state index contributed by atoms with van der Waals surface area (Å²) in [7, 11) is 0. The molecular formula is C14H16Cl2N2O. The third-order valence-corrected chi connectivity index (χ3v) is 3.44. The number of carbonyl (C=O) groups excluding carboxylic acids is 1. The zero-order valence-corrected chi connectivity index (χ0v) is 12.6. The molecule has 0 aliphatic carbocycles. The highest BCUT2D eigenvalue weighted by molar-refractivity contribution is 6.35. The van der Waals surface area contributed by atoms with E-state index in [0.29, 0.717) is 10.0 Å². The van der Waals surface area contributed by atoms with Gasteiger partial charge in [0.15, 0.2) is 0 Å². The first-order chi connectivity index (χ1) is 8.86. The summed E-state index contributed by atoms with van der Waals surface area (Å²) >= 11 is 11.9. The minimum atomic E-state index is -0.659. The molecule has 1 rings (SSSR count). The molecule has 0 radical (unpaired) electrons. The maximum Gasteiger partial charge on any atom is 0.238 e. The van der Waals surface area contributed by atoms with Gasteiger partial charge in [-0.1, -0.05) is 43.1 Å². The molecule has 2 atom stereocenters. The number of hydrogen-bond donors (Lipinski definition) is 1. The number of nitrogens with one attached hydrogen (secondary N) is 1. The molecule has 0 spiro atoms. The Balaban J connectivity index is 2.82. The van der Waals surface area contributed by atoms with Gasteiger partial charge in [0.05, 0.1) is 12.1 Å². The second kappa shape index (κ2) is 6.79. The highest BCUT2D eigenvalue weighted by Crippen LogP contribution is 2.26. The van der Waals surface area contributed by atoms with Crippen molar-refractivity contribution >= 4 is 29.1 Å². The lowest BCUT2D eigenvalue weighted by molar-refractivity contribution is -0.125. The Hall–Kier alpha value is -1.24. The molecule has 1 N–H and O–H groups in total. The average molecular weight is 299 g/mol. The van der Waals surface area contributed by atoms with Gasteiger partial charge in [-0.3, -0.25) is 4.79 Å². The van der Waals surface area contributed by atoms with Crippen LogP contribution in [0.25, 0.3) is 0 Å². The molecule has 0 bridgehead atoms. The molecule has 0 fully saturated rings. The van der Waals surface area contributed by atoms with Crippen LogP contribution >= 0.6 is 23.2 Å². The van der Waals surface area contributed by atoms with Gasteiger partial charge in [-0.25, -0.2) is 0 Å². The molecule has 1 aromatic rings. The SMILES string of the molecule is CC(NC(=O)C(C#N)C(C)C)c1ccc(Cl)cc1Cl. The number of benzene rings is 1. The predicted molar refractivity (Wildman–Crippen MR) is 77.0 cm³/mol. The summed E-state index contributed by atoms with van der Waals surface area (Å²) in [6.45, 7) is 5.50. The van der Waals surface area contributed by atoms with Crippen LogP contribution in [0.2, 0.25) is 10.0 Å². The molecule has 2 unspecified atom stereocenters. The number of nitrogens with zero attached hydrogens (tertiary/aromatic N) is 1. The zero-order valence-electron chi connectivity index (χ0n) is 11.1. The van der Waals surface area contributed by atoms with Crippen molar-refractivity contribution in [2.24, 2.45) is 11.8 Å². The van der Waals surface area contributed by atoms with Gasteiger partial charge in [0.25, 0.3) is 0 Å². The van der Waals surface area contributed by atoms with Crippen molar-refractivity contribution in [2.75, 3.05) is 0 Å².